The number of piperidine rings is 1. The van der Waals surface area contributed by atoms with E-state index in [-0.39, 0.29) is 5.91 Å². The van der Waals surface area contributed by atoms with Crippen LogP contribution in [-0.2, 0) is 17.9 Å². The molecule has 2 fully saturated rings. The average Bonchev–Trinajstić information content (AvgIpc) is 3.80. The first-order chi connectivity index (χ1) is 21.2. The van der Waals surface area contributed by atoms with Crippen molar-refractivity contribution in [2.45, 2.75) is 44.8 Å². The van der Waals surface area contributed by atoms with E-state index in [0.717, 1.165) is 73.8 Å². The van der Waals surface area contributed by atoms with Crippen molar-refractivity contribution in [1.29, 1.82) is 0 Å². The molecule has 7 rings (SSSR count). The summed E-state index contributed by atoms with van der Waals surface area (Å²) in [4.78, 5) is 35.3. The lowest BCUT2D eigenvalue weighted by atomic mass is 10.0. The number of nitrogens with zero attached hydrogens (tertiary/aromatic N) is 8. The molecule has 0 atom stereocenters. The number of carbonyl (C=O) groups excluding carboxylic acids is 1. The minimum atomic E-state index is 0.224. The Kier molecular flexibility index (Phi) is 7.70. The molecule has 0 radical (unpaired) electrons. The van der Waals surface area contributed by atoms with E-state index in [9.17, 15) is 4.79 Å². The van der Waals surface area contributed by atoms with E-state index in [2.05, 4.69) is 50.8 Å². The normalized spacial score (nSPS) is 16.3. The number of amides is 1. The number of rotatable bonds is 10. The number of nitrogens with one attached hydrogen (secondary N) is 2. The first-order valence-corrected chi connectivity index (χ1v) is 15.1. The molecular formula is C32H36N10O. The van der Waals surface area contributed by atoms with Crippen molar-refractivity contribution in [2.24, 2.45) is 0 Å². The van der Waals surface area contributed by atoms with E-state index < -0.39 is 0 Å². The number of likely N-dealkylation sites (tertiary alicyclic amines) is 2. The van der Waals surface area contributed by atoms with Crippen molar-refractivity contribution in [2.75, 3.05) is 36.8 Å². The molecule has 1 amide bonds. The van der Waals surface area contributed by atoms with E-state index in [1.54, 1.807) is 12.5 Å². The van der Waals surface area contributed by atoms with Gasteiger partial charge in [0.15, 0.2) is 17.0 Å². The highest BCUT2D eigenvalue weighted by atomic mass is 16.2. The summed E-state index contributed by atoms with van der Waals surface area (Å²) in [6.07, 6.45) is 10.9. The zero-order valence-corrected chi connectivity index (χ0v) is 24.1. The standard InChI is InChI=1S/C32H36N10O/c43-28-7-4-15-40(28)19-20-42-23-34-29-30(35-26-12-16-39(17-13-26)21-24-5-2-1-3-6-24)37-32(38-31(29)42)36-25-8-10-27(11-9-25)41-18-14-33-22-41/h1-3,5-6,8-11,14,18,22-23,26H,4,7,12-13,15-17,19-21H2,(H2,35,36,37,38). The molecule has 2 aliphatic rings. The predicted molar refractivity (Wildman–Crippen MR) is 166 cm³/mol. The van der Waals surface area contributed by atoms with E-state index in [0.29, 0.717) is 31.5 Å². The molecular weight excluding hydrogens is 540 g/mol. The third-order valence-electron chi connectivity index (χ3n) is 8.35. The lowest BCUT2D eigenvalue weighted by molar-refractivity contribution is -0.127. The molecule has 0 spiro atoms. The van der Waals surface area contributed by atoms with Crippen LogP contribution in [0.5, 0.6) is 0 Å². The second kappa shape index (κ2) is 12.2. The molecule has 11 nitrogen and oxygen atoms in total. The van der Waals surface area contributed by atoms with Gasteiger partial charge in [-0.1, -0.05) is 30.3 Å². The Morgan fingerprint density at radius 2 is 1.74 bits per heavy atom. The van der Waals surface area contributed by atoms with Gasteiger partial charge in [-0.3, -0.25) is 9.69 Å². The van der Waals surface area contributed by atoms with Crippen LogP contribution in [0.25, 0.3) is 16.9 Å². The van der Waals surface area contributed by atoms with E-state index in [4.69, 9.17) is 15.0 Å². The van der Waals surface area contributed by atoms with Crippen molar-refractivity contribution >= 4 is 34.5 Å². The molecule has 0 saturated carbocycles. The molecule has 3 aromatic heterocycles. The molecule has 5 aromatic rings. The minimum Gasteiger partial charge on any atom is -0.365 e. The van der Waals surface area contributed by atoms with Gasteiger partial charge in [0.1, 0.15) is 0 Å². The summed E-state index contributed by atoms with van der Waals surface area (Å²) in [5.41, 5.74) is 4.76. The smallest absolute Gasteiger partial charge is 0.231 e. The van der Waals surface area contributed by atoms with Crippen LogP contribution < -0.4 is 10.6 Å². The lowest BCUT2D eigenvalue weighted by Gasteiger charge is -2.32. The Labute approximate surface area is 250 Å². The minimum absolute atomic E-state index is 0.224. The average molecular weight is 577 g/mol. The third-order valence-corrected chi connectivity index (χ3v) is 8.35. The fourth-order valence-corrected chi connectivity index (χ4v) is 5.96. The summed E-state index contributed by atoms with van der Waals surface area (Å²) < 4.78 is 3.99. The Balaban J connectivity index is 1.10. The number of hydrogen-bond acceptors (Lipinski definition) is 8. The number of aromatic nitrogens is 6. The summed E-state index contributed by atoms with van der Waals surface area (Å²) in [7, 11) is 0. The molecule has 11 heteroatoms. The van der Waals surface area contributed by atoms with Crippen LogP contribution in [0.2, 0.25) is 0 Å². The van der Waals surface area contributed by atoms with Crippen LogP contribution in [0, 0.1) is 0 Å². The fourth-order valence-electron chi connectivity index (χ4n) is 5.96. The van der Waals surface area contributed by atoms with Gasteiger partial charge in [-0.05, 0) is 49.1 Å². The van der Waals surface area contributed by atoms with Crippen molar-refractivity contribution < 1.29 is 4.79 Å². The maximum atomic E-state index is 12.2. The van der Waals surface area contributed by atoms with Crippen LogP contribution in [-0.4, -0.2) is 77.0 Å². The predicted octanol–water partition coefficient (Wildman–Crippen LogP) is 4.45. The lowest BCUT2D eigenvalue weighted by Crippen LogP contribution is -2.38. The second-order valence-electron chi connectivity index (χ2n) is 11.3. The van der Waals surface area contributed by atoms with Gasteiger partial charge in [0, 0.05) is 75.5 Å². The fraction of sp³-hybridized carbons (Fsp3) is 0.344. The SMILES string of the molecule is O=C1CCCN1CCn1cnc2c(NC3CCN(Cc4ccccc4)CC3)nc(Nc3ccc(-n4ccnc4)cc3)nc21. The van der Waals surface area contributed by atoms with Gasteiger partial charge in [-0.2, -0.15) is 9.97 Å². The van der Waals surface area contributed by atoms with Crippen LogP contribution in [0.15, 0.2) is 79.6 Å². The first kappa shape index (κ1) is 27.1. The molecule has 2 saturated heterocycles. The van der Waals surface area contributed by atoms with Crippen LogP contribution in [0.3, 0.4) is 0 Å². The Hall–Kier alpha value is -4.77. The quantitative estimate of drug-likeness (QED) is 0.251. The summed E-state index contributed by atoms with van der Waals surface area (Å²) in [5, 5.41) is 7.11. The summed E-state index contributed by atoms with van der Waals surface area (Å²) in [6, 6.07) is 19.0. The number of fused-ring (bicyclic) bond motifs is 1. The van der Waals surface area contributed by atoms with E-state index in [1.165, 1.54) is 5.56 Å². The maximum absolute atomic E-state index is 12.2. The Morgan fingerprint density at radius 3 is 2.49 bits per heavy atom. The van der Waals surface area contributed by atoms with Crippen LogP contribution >= 0.6 is 0 Å². The molecule has 0 unspecified atom stereocenters. The number of anilines is 3. The summed E-state index contributed by atoms with van der Waals surface area (Å²) in [5.74, 6) is 1.47. The maximum Gasteiger partial charge on any atom is 0.231 e. The third kappa shape index (κ3) is 6.21. The number of benzene rings is 2. The van der Waals surface area contributed by atoms with Gasteiger partial charge >= 0.3 is 0 Å². The van der Waals surface area contributed by atoms with Gasteiger partial charge in [0.05, 0.1) is 12.7 Å². The summed E-state index contributed by atoms with van der Waals surface area (Å²) >= 11 is 0. The zero-order valence-electron chi connectivity index (χ0n) is 24.1. The highest BCUT2D eigenvalue weighted by Gasteiger charge is 2.23. The van der Waals surface area contributed by atoms with Crippen LogP contribution in [0.4, 0.5) is 17.5 Å². The summed E-state index contributed by atoms with van der Waals surface area (Å²) in [6.45, 7) is 5.12. The highest BCUT2D eigenvalue weighted by Crippen LogP contribution is 2.26. The van der Waals surface area contributed by atoms with Gasteiger partial charge < -0.3 is 24.7 Å². The Morgan fingerprint density at radius 1 is 0.907 bits per heavy atom. The van der Waals surface area contributed by atoms with Crippen molar-refractivity contribution in [3.8, 4) is 5.69 Å². The van der Waals surface area contributed by atoms with Crippen molar-refractivity contribution in [1.82, 2.24) is 38.9 Å². The molecule has 43 heavy (non-hydrogen) atoms. The van der Waals surface area contributed by atoms with Gasteiger partial charge in [0.25, 0.3) is 0 Å². The van der Waals surface area contributed by atoms with E-state index >= 15 is 0 Å². The topological polar surface area (TPSA) is 109 Å². The van der Waals surface area contributed by atoms with Gasteiger partial charge in [0.2, 0.25) is 11.9 Å². The Bertz CT molecular complexity index is 1660. The molecule has 5 heterocycles. The van der Waals surface area contributed by atoms with Gasteiger partial charge in [-0.25, -0.2) is 9.97 Å². The molecule has 0 bridgehead atoms. The van der Waals surface area contributed by atoms with E-state index in [1.807, 2.05) is 50.8 Å². The molecule has 2 N–H and O–H groups in total. The van der Waals surface area contributed by atoms with Crippen LogP contribution in [0.1, 0.15) is 31.2 Å². The number of imidazole rings is 2. The number of carbonyl (C=O) groups is 1. The molecule has 0 aliphatic carbocycles. The zero-order chi connectivity index (χ0) is 29.0. The highest BCUT2D eigenvalue weighted by molar-refractivity contribution is 5.85. The number of hydrogen-bond donors (Lipinski definition) is 2. The first-order valence-electron chi connectivity index (χ1n) is 15.1. The van der Waals surface area contributed by atoms with Crippen molar-refractivity contribution in [3.05, 3.63) is 85.2 Å². The molecule has 2 aliphatic heterocycles. The molecule has 2 aromatic carbocycles. The largest absolute Gasteiger partial charge is 0.365 e. The van der Waals surface area contributed by atoms with Gasteiger partial charge in [-0.15, -0.1) is 0 Å². The monoisotopic (exact) mass is 576 g/mol. The second-order valence-corrected chi connectivity index (χ2v) is 11.3. The van der Waals surface area contributed by atoms with Crippen molar-refractivity contribution in [3.63, 3.8) is 0 Å². The molecule has 220 valence electrons.